The van der Waals surface area contributed by atoms with Gasteiger partial charge in [-0.3, -0.25) is 14.5 Å². The summed E-state index contributed by atoms with van der Waals surface area (Å²) in [6.07, 6.45) is 0. The van der Waals surface area contributed by atoms with Gasteiger partial charge in [-0.1, -0.05) is 6.07 Å². The summed E-state index contributed by atoms with van der Waals surface area (Å²) < 4.78 is 27.0. The number of ether oxygens (including phenoxy) is 5. The van der Waals surface area contributed by atoms with Crippen LogP contribution in [0.25, 0.3) is 5.76 Å². The summed E-state index contributed by atoms with van der Waals surface area (Å²) in [5.41, 5.74) is 0.986. The van der Waals surface area contributed by atoms with Crippen molar-refractivity contribution in [1.82, 2.24) is 9.80 Å². The number of morpholine rings is 1. The van der Waals surface area contributed by atoms with Gasteiger partial charge in [0.2, 0.25) is 6.79 Å². The predicted octanol–water partition coefficient (Wildman–Crippen LogP) is 2.19. The van der Waals surface area contributed by atoms with Crippen LogP contribution in [0, 0.1) is 0 Å². The van der Waals surface area contributed by atoms with Crippen LogP contribution in [0.5, 0.6) is 23.0 Å². The standard InChI is InChI=1S/C26H28N2O8/c1-32-18-5-3-16(13-20(18)33-2)23-22(24(29)17-4-6-19-21(14-17)36-15-35-19)25(30)26(31)28(23)8-7-27-9-11-34-12-10-27/h3-6,13-14,23,29H,7-12,15H2,1-2H3/b24-22+. The van der Waals surface area contributed by atoms with Gasteiger partial charge in [0.25, 0.3) is 11.7 Å². The molecule has 5 rings (SSSR count). The van der Waals surface area contributed by atoms with Crippen molar-refractivity contribution >= 4 is 17.4 Å². The lowest BCUT2D eigenvalue weighted by Gasteiger charge is -2.31. The van der Waals surface area contributed by atoms with Gasteiger partial charge in [-0.25, -0.2) is 0 Å². The molecular weight excluding hydrogens is 468 g/mol. The second kappa shape index (κ2) is 10.1. The first-order valence-corrected chi connectivity index (χ1v) is 11.7. The molecule has 3 heterocycles. The summed E-state index contributed by atoms with van der Waals surface area (Å²) in [6, 6.07) is 9.31. The molecule has 3 aliphatic heterocycles. The molecule has 0 saturated carbocycles. The Bertz CT molecular complexity index is 1200. The second-order valence-electron chi connectivity index (χ2n) is 8.63. The number of methoxy groups -OCH3 is 2. The maximum absolute atomic E-state index is 13.3. The highest BCUT2D eigenvalue weighted by Gasteiger charge is 2.46. The number of carbonyl (C=O) groups excluding carboxylic acids is 2. The number of hydrogen-bond acceptors (Lipinski definition) is 9. The molecule has 1 atom stereocenters. The quantitative estimate of drug-likeness (QED) is 0.351. The van der Waals surface area contributed by atoms with E-state index in [2.05, 4.69) is 4.90 Å². The van der Waals surface area contributed by atoms with E-state index in [0.717, 1.165) is 13.1 Å². The van der Waals surface area contributed by atoms with E-state index in [1.165, 1.54) is 19.1 Å². The molecule has 0 spiro atoms. The van der Waals surface area contributed by atoms with Crippen LogP contribution in [-0.2, 0) is 14.3 Å². The molecule has 1 amide bonds. The van der Waals surface area contributed by atoms with Crippen molar-refractivity contribution in [3.63, 3.8) is 0 Å². The largest absolute Gasteiger partial charge is 0.507 e. The van der Waals surface area contributed by atoms with Crippen molar-refractivity contribution in [2.75, 3.05) is 60.4 Å². The summed E-state index contributed by atoms with van der Waals surface area (Å²) in [6.45, 7) is 3.72. The number of hydrogen-bond donors (Lipinski definition) is 1. The predicted molar refractivity (Wildman–Crippen MR) is 128 cm³/mol. The molecule has 36 heavy (non-hydrogen) atoms. The van der Waals surface area contributed by atoms with E-state index < -0.39 is 17.7 Å². The van der Waals surface area contributed by atoms with Crippen LogP contribution < -0.4 is 18.9 Å². The van der Waals surface area contributed by atoms with Crippen molar-refractivity contribution < 1.29 is 38.4 Å². The molecule has 2 saturated heterocycles. The summed E-state index contributed by atoms with van der Waals surface area (Å²) in [7, 11) is 3.05. The van der Waals surface area contributed by atoms with E-state index >= 15 is 0 Å². The zero-order valence-corrected chi connectivity index (χ0v) is 20.2. The van der Waals surface area contributed by atoms with Gasteiger partial charge in [0.1, 0.15) is 5.76 Å². The van der Waals surface area contributed by atoms with E-state index in [9.17, 15) is 14.7 Å². The Kier molecular flexibility index (Phi) is 6.71. The Morgan fingerprint density at radius 1 is 0.972 bits per heavy atom. The number of rotatable bonds is 7. The van der Waals surface area contributed by atoms with Crippen LogP contribution >= 0.6 is 0 Å². The minimum Gasteiger partial charge on any atom is -0.507 e. The molecule has 1 N–H and O–H groups in total. The average Bonchev–Trinajstić information content (AvgIpc) is 3.49. The zero-order chi connectivity index (χ0) is 25.2. The van der Waals surface area contributed by atoms with Gasteiger partial charge >= 0.3 is 0 Å². The number of carbonyl (C=O) groups is 2. The molecule has 0 bridgehead atoms. The summed E-state index contributed by atoms with van der Waals surface area (Å²) in [5.74, 6) is 0.300. The lowest BCUT2D eigenvalue weighted by molar-refractivity contribution is -0.140. The van der Waals surface area contributed by atoms with Gasteiger partial charge in [0.05, 0.1) is 39.0 Å². The molecule has 2 fully saturated rings. The molecule has 10 nitrogen and oxygen atoms in total. The molecule has 2 aromatic rings. The van der Waals surface area contributed by atoms with Crippen molar-refractivity contribution in [3.8, 4) is 23.0 Å². The van der Waals surface area contributed by atoms with Gasteiger partial charge in [0.15, 0.2) is 23.0 Å². The number of aliphatic hydroxyl groups excluding tert-OH is 1. The fourth-order valence-electron chi connectivity index (χ4n) is 4.75. The maximum atomic E-state index is 13.3. The number of fused-ring (bicyclic) bond motifs is 1. The number of Topliss-reactive ketones (excluding diaryl/α,β-unsaturated/α-hetero) is 1. The third kappa shape index (κ3) is 4.33. The fourth-order valence-corrected chi connectivity index (χ4v) is 4.75. The van der Waals surface area contributed by atoms with Crippen LogP contribution in [-0.4, -0.2) is 87.0 Å². The lowest BCUT2D eigenvalue weighted by Crippen LogP contribution is -2.42. The third-order valence-corrected chi connectivity index (χ3v) is 6.67. The third-order valence-electron chi connectivity index (χ3n) is 6.67. The minimum absolute atomic E-state index is 0.00747. The van der Waals surface area contributed by atoms with Crippen molar-refractivity contribution in [2.24, 2.45) is 0 Å². The topological polar surface area (TPSA) is 107 Å². The molecular formula is C26H28N2O8. The Balaban J connectivity index is 1.57. The summed E-state index contributed by atoms with van der Waals surface area (Å²) >= 11 is 0. The maximum Gasteiger partial charge on any atom is 0.295 e. The minimum atomic E-state index is -0.809. The first-order valence-electron chi connectivity index (χ1n) is 11.7. The number of ketones is 1. The van der Waals surface area contributed by atoms with Gasteiger partial charge in [-0.05, 0) is 35.9 Å². The van der Waals surface area contributed by atoms with Crippen molar-refractivity contribution in [2.45, 2.75) is 6.04 Å². The van der Waals surface area contributed by atoms with Crippen LogP contribution in [0.1, 0.15) is 17.2 Å². The van der Waals surface area contributed by atoms with Crippen LogP contribution in [0.4, 0.5) is 0 Å². The molecule has 0 aliphatic carbocycles. The van der Waals surface area contributed by atoms with Gasteiger partial charge in [-0.15, -0.1) is 0 Å². The smallest absolute Gasteiger partial charge is 0.295 e. The summed E-state index contributed by atoms with van der Waals surface area (Å²) in [5, 5.41) is 11.3. The molecule has 2 aromatic carbocycles. The van der Waals surface area contributed by atoms with Crippen LogP contribution in [0.2, 0.25) is 0 Å². The fraction of sp³-hybridized carbons (Fsp3) is 0.385. The normalized spacial score (nSPS) is 21.2. The van der Waals surface area contributed by atoms with E-state index in [-0.39, 0.29) is 18.1 Å². The molecule has 10 heteroatoms. The number of aliphatic hydroxyl groups is 1. The number of likely N-dealkylation sites (tertiary alicyclic amines) is 1. The van der Waals surface area contributed by atoms with Crippen molar-refractivity contribution in [3.05, 3.63) is 53.1 Å². The van der Waals surface area contributed by atoms with Crippen LogP contribution in [0.3, 0.4) is 0 Å². The number of amides is 1. The van der Waals surface area contributed by atoms with Gasteiger partial charge in [-0.2, -0.15) is 0 Å². The highest BCUT2D eigenvalue weighted by Crippen LogP contribution is 2.43. The lowest BCUT2D eigenvalue weighted by atomic mass is 9.95. The zero-order valence-electron chi connectivity index (χ0n) is 20.2. The van der Waals surface area contributed by atoms with Crippen molar-refractivity contribution in [1.29, 1.82) is 0 Å². The highest BCUT2D eigenvalue weighted by molar-refractivity contribution is 6.46. The van der Waals surface area contributed by atoms with Crippen LogP contribution in [0.15, 0.2) is 42.0 Å². The SMILES string of the molecule is COc1ccc(C2/C(=C(\O)c3ccc4c(c3)OCO4)C(=O)C(=O)N2CCN2CCOCC2)cc1OC. The molecule has 190 valence electrons. The Morgan fingerprint density at radius 3 is 2.47 bits per heavy atom. The summed E-state index contributed by atoms with van der Waals surface area (Å²) in [4.78, 5) is 30.3. The Hall–Kier alpha value is -3.76. The highest BCUT2D eigenvalue weighted by atomic mass is 16.7. The second-order valence-corrected chi connectivity index (χ2v) is 8.63. The molecule has 1 unspecified atom stereocenters. The molecule has 0 radical (unpaired) electrons. The van der Waals surface area contributed by atoms with Gasteiger partial charge in [0, 0.05) is 31.7 Å². The average molecular weight is 497 g/mol. The first-order chi connectivity index (χ1) is 17.5. The van der Waals surface area contributed by atoms with E-state index in [4.69, 9.17) is 23.7 Å². The molecule has 3 aliphatic rings. The molecule has 0 aromatic heterocycles. The van der Waals surface area contributed by atoms with E-state index in [1.54, 1.807) is 36.4 Å². The first kappa shape index (κ1) is 24.0. The Labute approximate surface area is 208 Å². The van der Waals surface area contributed by atoms with E-state index in [1.807, 2.05) is 0 Å². The Morgan fingerprint density at radius 2 is 1.72 bits per heavy atom. The number of nitrogens with zero attached hydrogens (tertiary/aromatic N) is 2. The van der Waals surface area contributed by atoms with Gasteiger partial charge < -0.3 is 33.7 Å². The van der Waals surface area contributed by atoms with E-state index in [0.29, 0.717) is 60.4 Å². The number of benzene rings is 2. The monoisotopic (exact) mass is 496 g/mol.